The molecule has 0 heterocycles. The van der Waals surface area contributed by atoms with Gasteiger partial charge in [-0.25, -0.2) is 0 Å². The molecule has 0 saturated heterocycles. The Bertz CT molecular complexity index is 340. The second kappa shape index (κ2) is 8.42. The highest BCUT2D eigenvalue weighted by Gasteiger charge is 2.01. The third-order valence-electron chi connectivity index (χ3n) is 1.84. The topological polar surface area (TPSA) is 35.5 Å². The van der Waals surface area contributed by atoms with E-state index < -0.39 is 0 Å². The Morgan fingerprint density at radius 3 is 2.71 bits per heavy atom. The summed E-state index contributed by atoms with van der Waals surface area (Å²) >= 11 is 4.87. The summed E-state index contributed by atoms with van der Waals surface area (Å²) in [4.78, 5) is 11.0. The van der Waals surface area contributed by atoms with Crippen molar-refractivity contribution < 1.29 is 14.3 Å². The molecule has 0 aliphatic rings. The van der Waals surface area contributed by atoms with Crippen LogP contribution < -0.4 is 4.74 Å². The van der Waals surface area contributed by atoms with Crippen molar-refractivity contribution in [1.29, 1.82) is 0 Å². The van der Waals surface area contributed by atoms with Crippen LogP contribution in [0.15, 0.2) is 28.7 Å². The van der Waals surface area contributed by atoms with E-state index in [0.29, 0.717) is 19.0 Å². The molecule has 0 amide bonds. The average Bonchev–Trinajstić information content (AvgIpc) is 2.31. The van der Waals surface area contributed by atoms with Gasteiger partial charge in [0.05, 0.1) is 19.0 Å². The maximum Gasteiger partial charge on any atom is 0.315 e. The van der Waals surface area contributed by atoms with Gasteiger partial charge in [-0.05, 0) is 31.2 Å². The van der Waals surface area contributed by atoms with Crippen LogP contribution in [0.3, 0.4) is 0 Å². The van der Waals surface area contributed by atoms with Crippen LogP contribution in [-0.4, -0.2) is 30.7 Å². The lowest BCUT2D eigenvalue weighted by Gasteiger charge is -2.05. The third-order valence-corrected chi connectivity index (χ3v) is 3.26. The molecule has 3 nitrogen and oxygen atoms in total. The molecule has 1 aromatic rings. The first-order chi connectivity index (χ1) is 8.22. The van der Waals surface area contributed by atoms with Crippen molar-refractivity contribution in [3.8, 4) is 5.75 Å². The molecule has 0 N–H and O–H groups in total. The van der Waals surface area contributed by atoms with Crippen LogP contribution in [0.2, 0.25) is 0 Å². The molecular formula is C12H15BrO3S. The molecule has 0 aromatic heterocycles. The summed E-state index contributed by atoms with van der Waals surface area (Å²) in [5.74, 6) is 1.83. The Balaban J connectivity index is 2.08. The molecule has 0 atom stereocenters. The average molecular weight is 319 g/mol. The fraction of sp³-hybridized carbons (Fsp3) is 0.417. The minimum absolute atomic E-state index is 0.166. The number of halogens is 1. The third kappa shape index (κ3) is 6.58. The van der Waals surface area contributed by atoms with Gasteiger partial charge < -0.3 is 9.47 Å². The molecule has 0 bridgehead atoms. The molecule has 0 unspecified atom stereocenters. The molecule has 0 spiro atoms. The summed E-state index contributed by atoms with van der Waals surface area (Å²) in [6, 6.07) is 7.67. The molecule has 17 heavy (non-hydrogen) atoms. The van der Waals surface area contributed by atoms with Crippen molar-refractivity contribution in [2.45, 2.75) is 6.92 Å². The first kappa shape index (κ1) is 14.4. The van der Waals surface area contributed by atoms with E-state index in [4.69, 9.17) is 9.47 Å². The standard InChI is InChI=1S/C12H15BrO3S/c1-2-15-12(14)9-17-8-7-16-11-5-3-10(13)4-6-11/h3-6H,2,7-9H2,1H3. The van der Waals surface area contributed by atoms with Gasteiger partial charge in [-0.15, -0.1) is 11.8 Å². The van der Waals surface area contributed by atoms with Gasteiger partial charge in [0.15, 0.2) is 0 Å². The normalized spacial score (nSPS) is 10.0. The van der Waals surface area contributed by atoms with Crippen molar-refractivity contribution in [2.75, 3.05) is 24.7 Å². The fourth-order valence-corrected chi connectivity index (χ4v) is 1.97. The molecular weight excluding hydrogens is 304 g/mol. The number of esters is 1. The second-order valence-electron chi connectivity index (χ2n) is 3.16. The first-order valence-electron chi connectivity index (χ1n) is 5.34. The van der Waals surface area contributed by atoms with Crippen LogP contribution in [-0.2, 0) is 9.53 Å². The maximum absolute atomic E-state index is 11.0. The Labute approximate surface area is 114 Å². The number of carbonyl (C=O) groups is 1. The molecule has 5 heteroatoms. The van der Waals surface area contributed by atoms with Gasteiger partial charge in [0.1, 0.15) is 5.75 Å². The van der Waals surface area contributed by atoms with Gasteiger partial charge in [-0.1, -0.05) is 15.9 Å². The van der Waals surface area contributed by atoms with Gasteiger partial charge in [-0.2, -0.15) is 0 Å². The highest BCUT2D eigenvalue weighted by molar-refractivity contribution is 9.10. The molecule has 1 aromatic carbocycles. The van der Waals surface area contributed by atoms with Gasteiger partial charge >= 0.3 is 5.97 Å². The fourth-order valence-electron chi connectivity index (χ4n) is 1.11. The molecule has 0 aliphatic heterocycles. The number of benzene rings is 1. The van der Waals surface area contributed by atoms with E-state index in [1.165, 1.54) is 11.8 Å². The Morgan fingerprint density at radius 1 is 1.35 bits per heavy atom. The summed E-state index contributed by atoms with van der Waals surface area (Å²) in [6.07, 6.45) is 0. The van der Waals surface area contributed by atoms with E-state index in [2.05, 4.69) is 15.9 Å². The second-order valence-corrected chi connectivity index (χ2v) is 5.18. The molecule has 0 aliphatic carbocycles. The van der Waals surface area contributed by atoms with Crippen LogP contribution in [0.4, 0.5) is 0 Å². The van der Waals surface area contributed by atoms with Gasteiger partial charge in [-0.3, -0.25) is 4.79 Å². The summed E-state index contributed by atoms with van der Waals surface area (Å²) in [7, 11) is 0. The lowest BCUT2D eigenvalue weighted by atomic mass is 10.3. The first-order valence-corrected chi connectivity index (χ1v) is 7.29. The van der Waals surface area contributed by atoms with Crippen LogP contribution in [0.1, 0.15) is 6.92 Å². The molecule has 94 valence electrons. The molecule has 1 rings (SSSR count). The largest absolute Gasteiger partial charge is 0.493 e. The Morgan fingerprint density at radius 2 is 2.06 bits per heavy atom. The number of ether oxygens (including phenoxy) is 2. The molecule has 0 fully saturated rings. The quantitative estimate of drug-likeness (QED) is 0.571. The zero-order chi connectivity index (χ0) is 12.5. The zero-order valence-electron chi connectivity index (χ0n) is 9.65. The van der Waals surface area contributed by atoms with Crippen LogP contribution in [0.25, 0.3) is 0 Å². The maximum atomic E-state index is 11.0. The van der Waals surface area contributed by atoms with Gasteiger partial charge in [0, 0.05) is 10.2 Å². The highest BCUT2D eigenvalue weighted by atomic mass is 79.9. The summed E-state index contributed by atoms with van der Waals surface area (Å²) in [6.45, 7) is 2.83. The van der Waals surface area contributed by atoms with Crippen LogP contribution in [0, 0.1) is 0 Å². The minimum Gasteiger partial charge on any atom is -0.493 e. The van der Waals surface area contributed by atoms with Crippen LogP contribution in [0.5, 0.6) is 5.75 Å². The number of thioether (sulfide) groups is 1. The predicted octanol–water partition coefficient (Wildman–Crippen LogP) is 3.12. The lowest BCUT2D eigenvalue weighted by Crippen LogP contribution is -2.09. The number of hydrogen-bond donors (Lipinski definition) is 0. The van der Waals surface area contributed by atoms with Crippen LogP contribution >= 0.6 is 27.7 Å². The summed E-state index contributed by atoms with van der Waals surface area (Å²) in [5, 5.41) is 0. The van der Waals surface area contributed by atoms with Gasteiger partial charge in [0.25, 0.3) is 0 Å². The highest BCUT2D eigenvalue weighted by Crippen LogP contribution is 2.16. The lowest BCUT2D eigenvalue weighted by molar-refractivity contribution is -0.139. The van der Waals surface area contributed by atoms with Crippen molar-refractivity contribution in [3.05, 3.63) is 28.7 Å². The summed E-state index contributed by atoms with van der Waals surface area (Å²) in [5.41, 5.74) is 0. The van der Waals surface area contributed by atoms with E-state index in [1.807, 2.05) is 24.3 Å². The van der Waals surface area contributed by atoms with Crippen molar-refractivity contribution >= 4 is 33.7 Å². The number of rotatable bonds is 7. The SMILES string of the molecule is CCOC(=O)CSCCOc1ccc(Br)cc1. The Hall–Kier alpha value is -0.680. The van der Waals surface area contributed by atoms with Crippen molar-refractivity contribution in [3.63, 3.8) is 0 Å². The van der Waals surface area contributed by atoms with Crippen molar-refractivity contribution in [1.82, 2.24) is 0 Å². The van der Waals surface area contributed by atoms with Gasteiger partial charge in [0.2, 0.25) is 0 Å². The van der Waals surface area contributed by atoms with E-state index in [9.17, 15) is 4.79 Å². The monoisotopic (exact) mass is 318 g/mol. The molecule has 0 saturated carbocycles. The van der Waals surface area contributed by atoms with E-state index in [0.717, 1.165) is 16.0 Å². The smallest absolute Gasteiger partial charge is 0.315 e. The molecule has 0 radical (unpaired) electrons. The van der Waals surface area contributed by atoms with E-state index in [1.54, 1.807) is 6.92 Å². The predicted molar refractivity (Wildman–Crippen MR) is 73.6 cm³/mol. The Kier molecular flexibility index (Phi) is 7.12. The number of hydrogen-bond acceptors (Lipinski definition) is 4. The summed E-state index contributed by atoms with van der Waals surface area (Å²) < 4.78 is 11.4. The number of carbonyl (C=O) groups excluding carboxylic acids is 1. The minimum atomic E-state index is -0.166. The van der Waals surface area contributed by atoms with E-state index in [-0.39, 0.29) is 5.97 Å². The van der Waals surface area contributed by atoms with E-state index >= 15 is 0 Å². The van der Waals surface area contributed by atoms with Crippen molar-refractivity contribution in [2.24, 2.45) is 0 Å². The zero-order valence-corrected chi connectivity index (χ0v) is 12.1.